The fourth-order valence-electron chi connectivity index (χ4n) is 2.44. The van der Waals surface area contributed by atoms with Crippen LogP contribution >= 0.6 is 0 Å². The van der Waals surface area contributed by atoms with Gasteiger partial charge in [0.25, 0.3) is 5.56 Å². The number of aryl methyl sites for hydroxylation is 1. The second-order valence-electron chi connectivity index (χ2n) is 6.25. The molecule has 0 fully saturated rings. The Kier molecular flexibility index (Phi) is 4.46. The number of aromatic amines is 1. The van der Waals surface area contributed by atoms with E-state index in [2.05, 4.69) is 39.4 Å². The molecule has 124 valence electrons. The van der Waals surface area contributed by atoms with Gasteiger partial charge in [-0.2, -0.15) is 0 Å². The molecule has 0 atom stereocenters. The van der Waals surface area contributed by atoms with Crippen LogP contribution in [0.25, 0.3) is 10.8 Å². The van der Waals surface area contributed by atoms with Crippen molar-refractivity contribution in [3.63, 3.8) is 0 Å². The first-order valence-electron chi connectivity index (χ1n) is 7.99. The lowest BCUT2D eigenvalue weighted by Gasteiger charge is -2.13. The zero-order valence-corrected chi connectivity index (χ0v) is 14.1. The van der Waals surface area contributed by atoms with Crippen LogP contribution < -0.4 is 16.2 Å². The van der Waals surface area contributed by atoms with Gasteiger partial charge < -0.3 is 15.6 Å². The van der Waals surface area contributed by atoms with Gasteiger partial charge >= 0.3 is 0 Å². The van der Waals surface area contributed by atoms with E-state index in [1.807, 2.05) is 31.2 Å². The molecule has 3 aromatic heterocycles. The smallest absolute Gasteiger partial charge is 0.259 e. The maximum absolute atomic E-state index is 12.2. The Labute approximate surface area is 140 Å². The molecule has 0 unspecified atom stereocenters. The predicted molar refractivity (Wildman–Crippen MR) is 97.9 cm³/mol. The van der Waals surface area contributed by atoms with Crippen LogP contribution in [0, 0.1) is 12.8 Å². The van der Waals surface area contributed by atoms with Gasteiger partial charge in [0.05, 0.1) is 5.39 Å². The lowest BCUT2D eigenvalue weighted by molar-refractivity contribution is 0.687. The summed E-state index contributed by atoms with van der Waals surface area (Å²) < 4.78 is 0. The van der Waals surface area contributed by atoms with Crippen molar-refractivity contribution in [2.45, 2.75) is 20.8 Å². The molecule has 0 aromatic carbocycles. The molecule has 3 rings (SSSR count). The van der Waals surface area contributed by atoms with Crippen LogP contribution in [0.3, 0.4) is 0 Å². The summed E-state index contributed by atoms with van der Waals surface area (Å²) in [6.07, 6.45) is 3.40. The molecule has 3 heterocycles. The molecule has 0 saturated carbocycles. The highest BCUT2D eigenvalue weighted by atomic mass is 16.1. The van der Waals surface area contributed by atoms with Crippen LogP contribution in [0.15, 0.2) is 41.5 Å². The summed E-state index contributed by atoms with van der Waals surface area (Å²) in [5.74, 6) is 2.40. The second-order valence-corrected chi connectivity index (χ2v) is 6.25. The Morgan fingerprint density at radius 2 is 2.04 bits per heavy atom. The van der Waals surface area contributed by atoms with Gasteiger partial charge in [-0.3, -0.25) is 4.79 Å². The van der Waals surface area contributed by atoms with Crippen molar-refractivity contribution < 1.29 is 0 Å². The number of rotatable bonds is 5. The summed E-state index contributed by atoms with van der Waals surface area (Å²) in [4.78, 5) is 23.8. The highest BCUT2D eigenvalue weighted by Gasteiger charge is 2.10. The number of nitrogens with one attached hydrogen (secondary N) is 3. The molecule has 0 saturated heterocycles. The molecule has 0 bridgehead atoms. The first-order chi connectivity index (χ1) is 11.5. The molecule has 0 spiro atoms. The summed E-state index contributed by atoms with van der Waals surface area (Å²) >= 11 is 0. The molecule has 24 heavy (non-hydrogen) atoms. The van der Waals surface area contributed by atoms with E-state index >= 15 is 0 Å². The molecule has 3 aromatic rings. The van der Waals surface area contributed by atoms with Gasteiger partial charge in [-0.05, 0) is 48.1 Å². The van der Waals surface area contributed by atoms with Crippen LogP contribution in [0.1, 0.15) is 19.4 Å². The molecule has 0 aliphatic rings. The van der Waals surface area contributed by atoms with Crippen LogP contribution in [0.5, 0.6) is 0 Å². The molecule has 0 aliphatic carbocycles. The number of H-pyrrole nitrogens is 1. The third-order valence-electron chi connectivity index (χ3n) is 3.60. The van der Waals surface area contributed by atoms with Gasteiger partial charge in [0.15, 0.2) is 0 Å². The Balaban J connectivity index is 2.04. The summed E-state index contributed by atoms with van der Waals surface area (Å²) in [7, 11) is 0. The van der Waals surface area contributed by atoms with Crippen molar-refractivity contribution in [3.05, 3.63) is 52.6 Å². The average Bonchev–Trinajstić information content (AvgIpc) is 2.52. The van der Waals surface area contributed by atoms with Gasteiger partial charge in [0.2, 0.25) is 0 Å². The van der Waals surface area contributed by atoms with E-state index in [1.54, 1.807) is 12.4 Å². The number of pyridine rings is 3. The van der Waals surface area contributed by atoms with Crippen LogP contribution in [-0.4, -0.2) is 21.5 Å². The van der Waals surface area contributed by atoms with Gasteiger partial charge in [-0.25, -0.2) is 9.97 Å². The third-order valence-corrected chi connectivity index (χ3v) is 3.60. The van der Waals surface area contributed by atoms with Crippen molar-refractivity contribution in [1.29, 1.82) is 0 Å². The van der Waals surface area contributed by atoms with Crippen molar-refractivity contribution in [1.82, 2.24) is 15.0 Å². The minimum absolute atomic E-state index is 0.147. The molecular weight excluding hydrogens is 302 g/mol. The van der Waals surface area contributed by atoms with E-state index in [1.165, 1.54) is 0 Å². The van der Waals surface area contributed by atoms with E-state index in [9.17, 15) is 4.79 Å². The first kappa shape index (κ1) is 16.0. The number of hydrogen-bond donors (Lipinski definition) is 3. The number of nitrogens with zero attached hydrogens (tertiary/aromatic N) is 2. The Bertz CT molecular complexity index is 917. The van der Waals surface area contributed by atoms with Crippen molar-refractivity contribution in [2.75, 3.05) is 17.2 Å². The summed E-state index contributed by atoms with van der Waals surface area (Å²) in [5.41, 5.74) is 0.967. The molecular formula is C18H21N5O. The molecule has 0 radical (unpaired) electrons. The molecule has 0 amide bonds. The van der Waals surface area contributed by atoms with Crippen LogP contribution in [0.4, 0.5) is 17.5 Å². The molecule has 3 N–H and O–H groups in total. The topological polar surface area (TPSA) is 82.7 Å². The summed E-state index contributed by atoms with van der Waals surface area (Å²) in [5, 5.41) is 7.88. The molecule has 0 aliphatic heterocycles. The quantitative estimate of drug-likeness (QED) is 0.670. The van der Waals surface area contributed by atoms with E-state index < -0.39 is 0 Å². The van der Waals surface area contributed by atoms with Crippen molar-refractivity contribution >= 4 is 28.2 Å². The summed E-state index contributed by atoms with van der Waals surface area (Å²) in [6, 6.07) is 7.61. The zero-order valence-electron chi connectivity index (χ0n) is 14.1. The van der Waals surface area contributed by atoms with Crippen LogP contribution in [-0.2, 0) is 0 Å². The Hall–Kier alpha value is -2.89. The fraction of sp³-hybridized carbons (Fsp3) is 0.278. The minimum atomic E-state index is -0.147. The number of anilines is 3. The maximum Gasteiger partial charge on any atom is 0.259 e. The first-order valence-corrected chi connectivity index (χ1v) is 7.99. The number of hydrogen-bond acceptors (Lipinski definition) is 5. The lowest BCUT2D eigenvalue weighted by Crippen LogP contribution is -2.14. The average molecular weight is 323 g/mol. The Morgan fingerprint density at radius 3 is 2.79 bits per heavy atom. The molecule has 6 heteroatoms. The largest absolute Gasteiger partial charge is 0.369 e. The highest BCUT2D eigenvalue weighted by Crippen LogP contribution is 2.23. The predicted octanol–water partition coefficient (Wildman–Crippen LogP) is 3.44. The van der Waals surface area contributed by atoms with Gasteiger partial charge in [-0.15, -0.1) is 0 Å². The van der Waals surface area contributed by atoms with Crippen LogP contribution in [0.2, 0.25) is 0 Å². The van der Waals surface area contributed by atoms with E-state index in [-0.39, 0.29) is 5.56 Å². The van der Waals surface area contributed by atoms with Crippen molar-refractivity contribution in [2.24, 2.45) is 5.92 Å². The zero-order chi connectivity index (χ0) is 17.1. The van der Waals surface area contributed by atoms with Crippen molar-refractivity contribution in [3.8, 4) is 0 Å². The standard InChI is InChI=1S/C18H21N5O/c1-11(2)10-21-17-16-13(5-7-20-18(16)24)9-15(23-17)22-14-8-12(3)4-6-19-14/h4-9,11H,10H2,1-3H3,(H,20,24)(H2,19,21,22,23). The minimum Gasteiger partial charge on any atom is -0.369 e. The molecule has 6 nitrogen and oxygen atoms in total. The SMILES string of the molecule is Cc1ccnc(Nc2cc3cc[nH]c(=O)c3c(NCC(C)C)n2)c1. The monoisotopic (exact) mass is 323 g/mol. The Morgan fingerprint density at radius 1 is 1.21 bits per heavy atom. The number of fused-ring (bicyclic) bond motifs is 1. The summed E-state index contributed by atoms with van der Waals surface area (Å²) in [6.45, 7) is 6.97. The fourth-order valence-corrected chi connectivity index (χ4v) is 2.44. The highest BCUT2D eigenvalue weighted by molar-refractivity contribution is 5.93. The maximum atomic E-state index is 12.2. The van der Waals surface area contributed by atoms with E-state index in [4.69, 9.17) is 0 Å². The van der Waals surface area contributed by atoms with Gasteiger partial charge in [-0.1, -0.05) is 13.8 Å². The lowest BCUT2D eigenvalue weighted by atomic mass is 10.2. The van der Waals surface area contributed by atoms with Gasteiger partial charge in [0.1, 0.15) is 17.5 Å². The normalized spacial score (nSPS) is 11.0. The van der Waals surface area contributed by atoms with E-state index in [0.717, 1.165) is 23.3 Å². The van der Waals surface area contributed by atoms with Gasteiger partial charge in [0, 0.05) is 18.9 Å². The second kappa shape index (κ2) is 6.70. The third kappa shape index (κ3) is 3.53. The van der Waals surface area contributed by atoms with E-state index in [0.29, 0.717) is 22.9 Å². The number of aromatic nitrogens is 3.